The van der Waals surface area contributed by atoms with Gasteiger partial charge in [0.1, 0.15) is 8.07 Å². The van der Waals surface area contributed by atoms with Gasteiger partial charge in [-0.15, -0.1) is 11.3 Å². The quantitative estimate of drug-likeness (QED) is 0.181. The third-order valence-corrected chi connectivity index (χ3v) is 14.5. The van der Waals surface area contributed by atoms with Crippen molar-refractivity contribution in [2.24, 2.45) is 0 Å². The Morgan fingerprint density at radius 3 is 2.11 bits per heavy atom. The van der Waals surface area contributed by atoms with Crippen LogP contribution in [0.5, 0.6) is 0 Å². The molecular formula is C42H29N3SSi. The number of thiophene rings is 1. The van der Waals surface area contributed by atoms with Crippen LogP contribution in [0.25, 0.3) is 81.4 Å². The minimum atomic E-state index is -2.13. The van der Waals surface area contributed by atoms with E-state index in [9.17, 15) is 0 Å². The molecule has 3 nitrogen and oxygen atoms in total. The SMILES string of the molecule is C[Si]1(C)c2ccccc2-c2c(-c3cccc4c3sc3ccccc34)nc(-c3cccc4c3c3ccccc3n4-c3ccccc3)nc21. The maximum atomic E-state index is 5.62. The minimum absolute atomic E-state index is 0.798. The molecule has 0 N–H and O–H groups in total. The van der Waals surface area contributed by atoms with Gasteiger partial charge in [-0.1, -0.05) is 122 Å². The summed E-state index contributed by atoms with van der Waals surface area (Å²) in [5, 5.41) is 7.64. The van der Waals surface area contributed by atoms with Crippen molar-refractivity contribution in [2.45, 2.75) is 13.1 Å². The van der Waals surface area contributed by atoms with Gasteiger partial charge in [0.05, 0.1) is 16.7 Å². The van der Waals surface area contributed by atoms with Crippen LogP contribution in [-0.2, 0) is 0 Å². The highest BCUT2D eigenvalue weighted by molar-refractivity contribution is 7.26. The van der Waals surface area contributed by atoms with E-state index in [2.05, 4.69) is 157 Å². The predicted molar refractivity (Wildman–Crippen MR) is 202 cm³/mol. The number of hydrogen-bond donors (Lipinski definition) is 0. The lowest BCUT2D eigenvalue weighted by atomic mass is 9.98. The number of hydrogen-bond acceptors (Lipinski definition) is 3. The van der Waals surface area contributed by atoms with Crippen LogP contribution in [0.1, 0.15) is 0 Å². The van der Waals surface area contributed by atoms with Gasteiger partial charge in [-0.05, 0) is 41.1 Å². The molecule has 0 saturated carbocycles. The molecule has 0 fully saturated rings. The molecule has 47 heavy (non-hydrogen) atoms. The molecule has 0 spiro atoms. The summed E-state index contributed by atoms with van der Waals surface area (Å²) < 4.78 is 4.95. The van der Waals surface area contributed by atoms with Crippen LogP contribution in [0.2, 0.25) is 13.1 Å². The number of fused-ring (bicyclic) bond motifs is 9. The largest absolute Gasteiger partial charge is 0.309 e. The Bertz CT molecular complexity index is 2720. The normalized spacial score (nSPS) is 13.5. The summed E-state index contributed by atoms with van der Waals surface area (Å²) in [7, 11) is -2.13. The fourth-order valence-electron chi connectivity index (χ4n) is 7.85. The van der Waals surface area contributed by atoms with Gasteiger partial charge < -0.3 is 4.57 Å². The highest BCUT2D eigenvalue weighted by Crippen LogP contribution is 2.44. The van der Waals surface area contributed by atoms with Gasteiger partial charge in [-0.25, -0.2) is 9.97 Å². The smallest absolute Gasteiger partial charge is 0.160 e. The van der Waals surface area contributed by atoms with E-state index in [1.54, 1.807) is 0 Å². The summed E-state index contributed by atoms with van der Waals surface area (Å²) in [6, 6.07) is 50.4. The molecule has 0 saturated heterocycles. The molecule has 1 aliphatic heterocycles. The summed E-state index contributed by atoms with van der Waals surface area (Å²) in [5.74, 6) is 0.798. The van der Waals surface area contributed by atoms with Crippen molar-refractivity contribution < 1.29 is 0 Å². The molecule has 1 aliphatic rings. The highest BCUT2D eigenvalue weighted by atomic mass is 32.1. The van der Waals surface area contributed by atoms with Gasteiger partial charge in [-0.2, -0.15) is 0 Å². The first-order chi connectivity index (χ1) is 23.1. The molecule has 0 unspecified atom stereocenters. The molecule has 0 bridgehead atoms. The van der Waals surface area contributed by atoms with E-state index in [1.165, 1.54) is 63.7 Å². The third-order valence-electron chi connectivity index (χ3n) is 9.98. The van der Waals surface area contributed by atoms with Crippen LogP contribution in [0.3, 0.4) is 0 Å². The maximum absolute atomic E-state index is 5.62. The molecule has 0 aliphatic carbocycles. The fraction of sp³-hybridized carbons (Fsp3) is 0.0476. The summed E-state index contributed by atoms with van der Waals surface area (Å²) >= 11 is 1.86. The number of para-hydroxylation sites is 2. The minimum Gasteiger partial charge on any atom is -0.309 e. The molecule has 0 amide bonds. The van der Waals surface area contributed by atoms with Crippen molar-refractivity contribution in [3.05, 3.63) is 140 Å². The average Bonchev–Trinajstić information content (AvgIpc) is 3.74. The van der Waals surface area contributed by atoms with E-state index in [-0.39, 0.29) is 0 Å². The summed E-state index contributed by atoms with van der Waals surface area (Å²) in [6.45, 7) is 4.89. The topological polar surface area (TPSA) is 30.7 Å². The lowest BCUT2D eigenvalue weighted by molar-refractivity contribution is 1.18. The molecule has 10 rings (SSSR count). The van der Waals surface area contributed by atoms with Crippen LogP contribution < -0.4 is 10.5 Å². The van der Waals surface area contributed by atoms with Crippen molar-refractivity contribution in [3.8, 4) is 39.5 Å². The number of benzene rings is 6. The van der Waals surface area contributed by atoms with E-state index < -0.39 is 8.07 Å². The van der Waals surface area contributed by atoms with Crippen molar-refractivity contribution >= 4 is 71.9 Å². The molecule has 3 aromatic heterocycles. The molecular weight excluding hydrogens is 607 g/mol. The van der Waals surface area contributed by atoms with Gasteiger partial charge >= 0.3 is 0 Å². The van der Waals surface area contributed by atoms with Crippen LogP contribution in [0.15, 0.2) is 140 Å². The molecule has 9 aromatic rings. The second-order valence-electron chi connectivity index (χ2n) is 13.0. The Morgan fingerprint density at radius 1 is 0.553 bits per heavy atom. The Labute approximate surface area is 277 Å². The van der Waals surface area contributed by atoms with Crippen molar-refractivity contribution in [1.29, 1.82) is 0 Å². The molecule has 6 aromatic carbocycles. The van der Waals surface area contributed by atoms with Crippen molar-refractivity contribution in [1.82, 2.24) is 14.5 Å². The van der Waals surface area contributed by atoms with E-state index in [4.69, 9.17) is 9.97 Å². The van der Waals surface area contributed by atoms with E-state index >= 15 is 0 Å². The van der Waals surface area contributed by atoms with Gasteiger partial charge in [-0.3, -0.25) is 0 Å². The monoisotopic (exact) mass is 635 g/mol. The first kappa shape index (κ1) is 26.8. The maximum Gasteiger partial charge on any atom is 0.160 e. The summed E-state index contributed by atoms with van der Waals surface area (Å²) in [4.78, 5) is 11.2. The number of nitrogens with zero attached hydrogens (tertiary/aromatic N) is 3. The molecule has 222 valence electrons. The average molecular weight is 636 g/mol. The second-order valence-corrected chi connectivity index (χ2v) is 18.3. The van der Waals surface area contributed by atoms with E-state index in [0.29, 0.717) is 0 Å². The van der Waals surface area contributed by atoms with Crippen molar-refractivity contribution in [2.75, 3.05) is 0 Å². The lowest BCUT2D eigenvalue weighted by Crippen LogP contribution is -2.50. The predicted octanol–water partition coefficient (Wildman–Crippen LogP) is 10.1. The summed E-state index contributed by atoms with van der Waals surface area (Å²) in [5.41, 5.74) is 9.28. The zero-order valence-electron chi connectivity index (χ0n) is 26.0. The van der Waals surface area contributed by atoms with E-state index in [1.807, 2.05) is 11.3 Å². The van der Waals surface area contributed by atoms with Gasteiger partial charge in [0.2, 0.25) is 0 Å². The molecule has 4 heterocycles. The standard InChI is InChI=1S/C42H29N3SSi/c1-47(2)36-25-11-8-18-30(36)38-39(32-21-12-19-28-27-16-7-10-24-35(27)46-40(28)32)43-41(44-42(38)47)31-20-13-23-34-37(31)29-17-6-9-22-33(29)45(34)26-14-4-3-5-15-26/h3-25H,1-2H3. The lowest BCUT2D eigenvalue weighted by Gasteiger charge is -2.19. The number of rotatable bonds is 3. The van der Waals surface area contributed by atoms with Gasteiger partial charge in [0.15, 0.2) is 5.82 Å². The Hall–Kier alpha value is -5.36. The molecule has 0 atom stereocenters. The Balaban J connectivity index is 1.33. The molecule has 0 radical (unpaired) electrons. The second kappa shape index (κ2) is 9.82. The zero-order chi connectivity index (χ0) is 31.3. The fourth-order valence-corrected chi connectivity index (χ4v) is 12.0. The highest BCUT2D eigenvalue weighted by Gasteiger charge is 2.41. The van der Waals surface area contributed by atoms with Crippen molar-refractivity contribution in [3.63, 3.8) is 0 Å². The third kappa shape index (κ3) is 3.72. The van der Waals surface area contributed by atoms with Crippen LogP contribution in [-0.4, -0.2) is 22.6 Å². The molecule has 5 heteroatoms. The Morgan fingerprint density at radius 2 is 1.21 bits per heavy atom. The first-order valence-electron chi connectivity index (χ1n) is 16.1. The zero-order valence-corrected chi connectivity index (χ0v) is 27.8. The Kier molecular flexibility index (Phi) is 5.60. The van der Waals surface area contributed by atoms with Crippen LogP contribution >= 0.6 is 11.3 Å². The van der Waals surface area contributed by atoms with Gasteiger partial charge in [0, 0.05) is 58.6 Å². The number of aromatic nitrogens is 3. The van der Waals surface area contributed by atoms with Crippen LogP contribution in [0, 0.1) is 0 Å². The van der Waals surface area contributed by atoms with Crippen LogP contribution in [0.4, 0.5) is 0 Å². The van der Waals surface area contributed by atoms with Gasteiger partial charge in [0.25, 0.3) is 0 Å². The summed E-state index contributed by atoms with van der Waals surface area (Å²) in [6.07, 6.45) is 0. The van der Waals surface area contributed by atoms with E-state index in [0.717, 1.165) is 28.3 Å². The first-order valence-corrected chi connectivity index (χ1v) is 19.9.